The molecule has 3 rings (SSSR count). The topological polar surface area (TPSA) is 73.2 Å². The van der Waals surface area contributed by atoms with Gasteiger partial charge in [0.2, 0.25) is 5.91 Å². The number of allylic oxidation sites excluding steroid dienone is 2. The van der Waals surface area contributed by atoms with Crippen molar-refractivity contribution in [3.05, 3.63) is 59.4 Å². The molecule has 1 amide bonds. The summed E-state index contributed by atoms with van der Waals surface area (Å²) in [7, 11) is 0. The van der Waals surface area contributed by atoms with Crippen LogP contribution in [0, 0.1) is 19.8 Å². The first-order valence-electron chi connectivity index (χ1n) is 9.76. The molecular weight excluding hydrogens is 354 g/mol. The number of carbonyl (C=O) groups is 2. The van der Waals surface area contributed by atoms with Crippen molar-refractivity contribution in [1.29, 1.82) is 0 Å². The number of hydrogen-bond acceptors (Lipinski definition) is 4. The first kappa shape index (κ1) is 19.9. The van der Waals surface area contributed by atoms with Crippen LogP contribution in [-0.4, -0.2) is 28.3 Å². The van der Waals surface area contributed by atoms with E-state index >= 15 is 0 Å². The fraction of sp³-hybridized carbons (Fsp3) is 0.409. The minimum Gasteiger partial charge on any atom is -0.464 e. The number of nitrogens with one attached hydrogen (secondary N) is 1. The molecule has 0 spiro atoms. The average molecular weight is 381 g/mol. The number of rotatable bonds is 6. The standard InChI is InChI=1S/C22H27N3O3/c1-4-28-22(27)20(23-21(26)17-11-7-5-8-12-17)19-15(2)24-25(16(19)3)18-13-9-6-10-14-18/h5-7,9-10,13-14,17,20H,4,8,11-12H2,1-3H3,(H,23,26)/t17-,20+/m0/s1. The van der Waals surface area contributed by atoms with E-state index in [0.29, 0.717) is 17.7 Å². The van der Waals surface area contributed by atoms with Gasteiger partial charge in [-0.25, -0.2) is 9.48 Å². The van der Waals surface area contributed by atoms with E-state index in [0.717, 1.165) is 24.2 Å². The highest BCUT2D eigenvalue weighted by molar-refractivity contribution is 5.87. The Hall–Kier alpha value is -2.89. The second-order valence-electron chi connectivity index (χ2n) is 7.01. The third-order valence-electron chi connectivity index (χ3n) is 5.09. The van der Waals surface area contributed by atoms with Crippen molar-refractivity contribution in [3.63, 3.8) is 0 Å². The zero-order chi connectivity index (χ0) is 20.1. The van der Waals surface area contributed by atoms with Crippen LogP contribution in [0.2, 0.25) is 0 Å². The van der Waals surface area contributed by atoms with Crippen molar-refractivity contribution in [2.75, 3.05) is 6.61 Å². The maximum atomic E-state index is 12.8. The van der Waals surface area contributed by atoms with Crippen molar-refractivity contribution in [2.24, 2.45) is 5.92 Å². The molecule has 2 aromatic rings. The van der Waals surface area contributed by atoms with Crippen molar-refractivity contribution in [1.82, 2.24) is 15.1 Å². The second kappa shape index (κ2) is 8.87. The Balaban J connectivity index is 1.94. The number of para-hydroxylation sites is 1. The first-order valence-corrected chi connectivity index (χ1v) is 9.76. The summed E-state index contributed by atoms with van der Waals surface area (Å²) in [6.45, 7) is 5.77. The Morgan fingerprint density at radius 2 is 2.00 bits per heavy atom. The Morgan fingerprint density at radius 3 is 2.64 bits per heavy atom. The van der Waals surface area contributed by atoms with Gasteiger partial charge in [-0.15, -0.1) is 0 Å². The number of aryl methyl sites for hydroxylation is 1. The van der Waals surface area contributed by atoms with Gasteiger partial charge in [0, 0.05) is 17.2 Å². The number of hydrogen-bond donors (Lipinski definition) is 1. The molecule has 1 aliphatic carbocycles. The Bertz CT molecular complexity index is 871. The van der Waals surface area contributed by atoms with E-state index in [1.807, 2.05) is 50.3 Å². The molecule has 28 heavy (non-hydrogen) atoms. The number of aromatic nitrogens is 2. The molecule has 0 bridgehead atoms. The maximum absolute atomic E-state index is 12.8. The van der Waals surface area contributed by atoms with Crippen LogP contribution in [0.15, 0.2) is 42.5 Å². The van der Waals surface area contributed by atoms with E-state index in [1.165, 1.54) is 0 Å². The van der Waals surface area contributed by atoms with Gasteiger partial charge in [0.15, 0.2) is 6.04 Å². The molecule has 1 heterocycles. The zero-order valence-corrected chi connectivity index (χ0v) is 16.6. The van der Waals surface area contributed by atoms with Gasteiger partial charge in [-0.05, 0) is 52.2 Å². The largest absolute Gasteiger partial charge is 0.464 e. The van der Waals surface area contributed by atoms with E-state index in [-0.39, 0.29) is 18.4 Å². The number of ether oxygens (including phenoxy) is 1. The van der Waals surface area contributed by atoms with Crippen LogP contribution in [0.25, 0.3) is 5.69 Å². The molecular formula is C22H27N3O3. The molecule has 0 radical (unpaired) electrons. The zero-order valence-electron chi connectivity index (χ0n) is 16.6. The average Bonchev–Trinajstić information content (AvgIpc) is 3.01. The second-order valence-corrected chi connectivity index (χ2v) is 7.01. The summed E-state index contributed by atoms with van der Waals surface area (Å²) in [5.41, 5.74) is 3.11. The normalized spacial score (nSPS) is 17.2. The Labute approximate surface area is 165 Å². The predicted octanol–water partition coefficient (Wildman–Crippen LogP) is 3.57. The molecule has 6 nitrogen and oxygen atoms in total. The van der Waals surface area contributed by atoms with Crippen LogP contribution in [0.4, 0.5) is 0 Å². The van der Waals surface area contributed by atoms with Gasteiger partial charge in [-0.2, -0.15) is 5.10 Å². The van der Waals surface area contributed by atoms with E-state index in [4.69, 9.17) is 4.74 Å². The molecule has 1 aromatic carbocycles. The van der Waals surface area contributed by atoms with Crippen LogP contribution >= 0.6 is 0 Å². The molecule has 2 atom stereocenters. The fourth-order valence-electron chi connectivity index (χ4n) is 3.66. The third-order valence-corrected chi connectivity index (χ3v) is 5.09. The van der Waals surface area contributed by atoms with E-state index < -0.39 is 12.0 Å². The Kier molecular flexibility index (Phi) is 6.29. The minimum atomic E-state index is -0.865. The van der Waals surface area contributed by atoms with E-state index in [2.05, 4.69) is 16.5 Å². The van der Waals surface area contributed by atoms with E-state index in [1.54, 1.807) is 11.6 Å². The molecule has 0 fully saturated rings. The summed E-state index contributed by atoms with van der Waals surface area (Å²) in [4.78, 5) is 25.5. The molecule has 1 aromatic heterocycles. The van der Waals surface area contributed by atoms with Gasteiger partial charge < -0.3 is 10.1 Å². The number of benzene rings is 1. The summed E-state index contributed by atoms with van der Waals surface area (Å²) in [6.07, 6.45) is 6.48. The predicted molar refractivity (Wildman–Crippen MR) is 107 cm³/mol. The lowest BCUT2D eigenvalue weighted by atomic mass is 9.93. The summed E-state index contributed by atoms with van der Waals surface area (Å²) in [5.74, 6) is -0.693. The first-order chi connectivity index (χ1) is 13.5. The minimum absolute atomic E-state index is 0.117. The highest BCUT2D eigenvalue weighted by atomic mass is 16.5. The lowest BCUT2D eigenvalue weighted by Gasteiger charge is -2.22. The van der Waals surface area contributed by atoms with E-state index in [9.17, 15) is 9.59 Å². The van der Waals surface area contributed by atoms with Gasteiger partial charge in [-0.1, -0.05) is 30.4 Å². The van der Waals surface area contributed by atoms with Crippen LogP contribution in [0.1, 0.15) is 49.2 Å². The van der Waals surface area contributed by atoms with Crippen molar-refractivity contribution in [2.45, 2.75) is 46.1 Å². The van der Waals surface area contributed by atoms with Gasteiger partial charge in [-0.3, -0.25) is 4.79 Å². The summed E-state index contributed by atoms with van der Waals surface area (Å²) < 4.78 is 7.06. The molecule has 0 saturated heterocycles. The van der Waals surface area contributed by atoms with Gasteiger partial charge in [0.25, 0.3) is 0 Å². The summed E-state index contributed by atoms with van der Waals surface area (Å²) in [6, 6.07) is 8.86. The van der Waals surface area contributed by atoms with Gasteiger partial charge in [0.1, 0.15) is 0 Å². The van der Waals surface area contributed by atoms with Crippen LogP contribution in [0.5, 0.6) is 0 Å². The van der Waals surface area contributed by atoms with Gasteiger partial charge >= 0.3 is 5.97 Å². The van der Waals surface area contributed by atoms with Crippen molar-refractivity contribution < 1.29 is 14.3 Å². The number of nitrogens with zero attached hydrogens (tertiary/aromatic N) is 2. The lowest BCUT2D eigenvalue weighted by Crippen LogP contribution is -2.39. The SMILES string of the molecule is CCOC(=O)[C@H](NC(=O)[C@H]1CC=CCC1)c1c(C)nn(-c2ccccc2)c1C. The van der Waals surface area contributed by atoms with Crippen LogP contribution < -0.4 is 5.32 Å². The monoisotopic (exact) mass is 381 g/mol. The van der Waals surface area contributed by atoms with Crippen molar-refractivity contribution in [3.8, 4) is 5.69 Å². The number of carbonyl (C=O) groups excluding carboxylic acids is 2. The maximum Gasteiger partial charge on any atom is 0.333 e. The molecule has 0 saturated carbocycles. The lowest BCUT2D eigenvalue weighted by molar-refractivity contribution is -0.148. The number of amides is 1. The molecule has 148 valence electrons. The highest BCUT2D eigenvalue weighted by Gasteiger charge is 2.32. The molecule has 1 N–H and O–H groups in total. The smallest absolute Gasteiger partial charge is 0.333 e. The molecule has 0 aliphatic heterocycles. The van der Waals surface area contributed by atoms with Gasteiger partial charge in [0.05, 0.1) is 18.0 Å². The quantitative estimate of drug-likeness (QED) is 0.613. The highest BCUT2D eigenvalue weighted by Crippen LogP contribution is 2.27. The fourth-order valence-corrected chi connectivity index (χ4v) is 3.66. The van der Waals surface area contributed by atoms with Crippen molar-refractivity contribution >= 4 is 11.9 Å². The summed E-state index contributed by atoms with van der Waals surface area (Å²) in [5, 5.41) is 7.54. The van der Waals surface area contributed by atoms with Crippen LogP contribution in [-0.2, 0) is 14.3 Å². The summed E-state index contributed by atoms with van der Waals surface area (Å²) >= 11 is 0. The third kappa shape index (κ3) is 4.16. The molecule has 6 heteroatoms. The number of esters is 1. The molecule has 0 unspecified atom stereocenters. The molecule has 1 aliphatic rings. The Morgan fingerprint density at radius 1 is 1.25 bits per heavy atom. The van der Waals surface area contributed by atoms with Crippen LogP contribution in [0.3, 0.4) is 0 Å².